The van der Waals surface area contributed by atoms with Crippen LogP contribution in [0.2, 0.25) is 0 Å². The summed E-state index contributed by atoms with van der Waals surface area (Å²) in [5, 5.41) is 10.1. The van der Waals surface area contributed by atoms with Crippen LogP contribution in [0.5, 0.6) is 0 Å². The van der Waals surface area contributed by atoms with Crippen molar-refractivity contribution in [3.8, 4) is 6.07 Å². The van der Waals surface area contributed by atoms with Crippen LogP contribution in [-0.2, 0) is 24.2 Å². The molecule has 1 atom stereocenters. The Balaban J connectivity index is 1.77. The lowest BCUT2D eigenvalue weighted by Gasteiger charge is -2.34. The molecule has 1 saturated heterocycles. The van der Waals surface area contributed by atoms with Crippen molar-refractivity contribution in [3.05, 3.63) is 52.7 Å². The molecule has 7 heteroatoms. The normalized spacial score (nSPS) is 14.9. The molecule has 1 aromatic carbocycles. The summed E-state index contributed by atoms with van der Waals surface area (Å²) in [5.41, 5.74) is 4.19. The standard InChI is InChI=1S/C20H26BN4OP/c1-26-14-16-10-18(5-4-17-3-2-15(13-22)11-19(17)27)23-20(12-16)24-6-8-25(21)9-7-24/h2-3,10-12H,4-9,14,21,27H2,1H3. The highest BCUT2D eigenvalue weighted by Crippen LogP contribution is 2.19. The topological polar surface area (TPSA) is 52.4 Å². The van der Waals surface area contributed by atoms with Crippen LogP contribution in [0.15, 0.2) is 30.3 Å². The van der Waals surface area contributed by atoms with Crippen LogP contribution in [0, 0.1) is 11.3 Å². The molecule has 5 nitrogen and oxygen atoms in total. The van der Waals surface area contributed by atoms with Crippen LogP contribution in [0.3, 0.4) is 0 Å². The van der Waals surface area contributed by atoms with Gasteiger partial charge in [-0.05, 0) is 53.5 Å². The fraction of sp³-hybridized carbons (Fsp3) is 0.400. The number of piperazine rings is 1. The summed E-state index contributed by atoms with van der Waals surface area (Å²) in [6.07, 6.45) is 1.77. The zero-order chi connectivity index (χ0) is 19.2. The first kappa shape index (κ1) is 19.8. The third kappa shape index (κ3) is 5.29. The SMILES string of the molecule is BN1CCN(c2cc(COC)cc(CCc3ccc(C#N)cc3P)n2)CC1. The maximum Gasteiger partial charge on any atom is 0.185 e. The van der Waals surface area contributed by atoms with Gasteiger partial charge in [0, 0.05) is 39.0 Å². The van der Waals surface area contributed by atoms with Crippen LogP contribution in [0.25, 0.3) is 0 Å². The van der Waals surface area contributed by atoms with E-state index >= 15 is 0 Å². The quantitative estimate of drug-likeness (QED) is 0.554. The molecule has 2 heterocycles. The van der Waals surface area contributed by atoms with E-state index in [9.17, 15) is 0 Å². The maximum absolute atomic E-state index is 9.02. The number of ether oxygens (including phenoxy) is 1. The lowest BCUT2D eigenvalue weighted by Crippen LogP contribution is -2.45. The van der Waals surface area contributed by atoms with E-state index in [0.717, 1.165) is 55.8 Å². The van der Waals surface area contributed by atoms with E-state index in [1.165, 1.54) is 11.1 Å². The third-order valence-electron chi connectivity index (χ3n) is 4.99. The van der Waals surface area contributed by atoms with Crippen LogP contribution in [-0.4, -0.2) is 51.1 Å². The zero-order valence-electron chi connectivity index (χ0n) is 16.1. The molecule has 3 rings (SSSR count). The van der Waals surface area contributed by atoms with Gasteiger partial charge in [0.25, 0.3) is 0 Å². The van der Waals surface area contributed by atoms with Crippen molar-refractivity contribution in [2.24, 2.45) is 0 Å². The molecule has 0 bridgehead atoms. The Morgan fingerprint density at radius 2 is 1.96 bits per heavy atom. The Morgan fingerprint density at radius 3 is 2.63 bits per heavy atom. The van der Waals surface area contributed by atoms with Crippen molar-refractivity contribution in [3.63, 3.8) is 0 Å². The lowest BCUT2D eigenvalue weighted by atomic mass is 10.0. The van der Waals surface area contributed by atoms with Crippen LogP contribution >= 0.6 is 9.24 Å². The van der Waals surface area contributed by atoms with Crippen LogP contribution in [0.1, 0.15) is 22.4 Å². The highest BCUT2D eigenvalue weighted by molar-refractivity contribution is 7.27. The van der Waals surface area contributed by atoms with Gasteiger partial charge in [-0.2, -0.15) is 5.26 Å². The van der Waals surface area contributed by atoms with Crippen LogP contribution < -0.4 is 10.2 Å². The molecule has 2 aromatic rings. The molecule has 140 valence electrons. The summed E-state index contributed by atoms with van der Waals surface area (Å²) in [6, 6.07) is 12.3. The summed E-state index contributed by atoms with van der Waals surface area (Å²) in [6.45, 7) is 4.73. The molecule has 1 aromatic heterocycles. The Morgan fingerprint density at radius 1 is 1.19 bits per heavy atom. The number of anilines is 1. The molecular formula is C20H26BN4OP. The molecule has 0 amide bonds. The van der Waals surface area contributed by atoms with E-state index in [4.69, 9.17) is 15.0 Å². The average molecular weight is 380 g/mol. The number of nitriles is 1. The molecule has 1 unspecified atom stereocenters. The van der Waals surface area contributed by atoms with Gasteiger partial charge in [0.15, 0.2) is 7.98 Å². The zero-order valence-corrected chi connectivity index (χ0v) is 17.3. The van der Waals surface area contributed by atoms with E-state index in [-0.39, 0.29) is 0 Å². The molecule has 0 saturated carbocycles. The second-order valence-corrected chi connectivity index (χ2v) is 7.70. The number of rotatable bonds is 6. The first-order valence-electron chi connectivity index (χ1n) is 9.30. The Bertz CT molecular complexity index is 831. The third-order valence-corrected chi connectivity index (χ3v) is 5.53. The molecule has 1 fully saturated rings. The van der Waals surface area contributed by atoms with Crippen molar-refractivity contribution in [1.82, 2.24) is 9.79 Å². The smallest absolute Gasteiger partial charge is 0.185 e. The number of hydrogen-bond donors (Lipinski definition) is 0. The number of hydrogen-bond acceptors (Lipinski definition) is 5. The molecule has 0 aliphatic carbocycles. The minimum atomic E-state index is 0.599. The summed E-state index contributed by atoms with van der Waals surface area (Å²) < 4.78 is 5.36. The number of pyridine rings is 1. The number of aromatic nitrogens is 1. The molecular weight excluding hydrogens is 354 g/mol. The van der Waals surface area contributed by atoms with Crippen molar-refractivity contribution in [1.29, 1.82) is 5.26 Å². The minimum Gasteiger partial charge on any atom is -0.380 e. The number of nitrogens with zero attached hydrogens (tertiary/aromatic N) is 4. The van der Waals surface area contributed by atoms with Gasteiger partial charge in [0.2, 0.25) is 0 Å². The second-order valence-electron chi connectivity index (χ2n) is 7.07. The van der Waals surface area contributed by atoms with Crippen molar-refractivity contribution < 1.29 is 4.74 Å². The monoisotopic (exact) mass is 380 g/mol. The Kier molecular flexibility index (Phi) is 6.85. The predicted octanol–water partition coefficient (Wildman–Crippen LogP) is 1.06. The van der Waals surface area contributed by atoms with E-state index in [0.29, 0.717) is 12.2 Å². The highest BCUT2D eigenvalue weighted by atomic mass is 31.0. The Hall–Kier alpha value is -1.93. The van der Waals surface area contributed by atoms with Gasteiger partial charge in [0.05, 0.1) is 18.2 Å². The maximum atomic E-state index is 9.02. The molecule has 0 spiro atoms. The van der Waals surface area contributed by atoms with E-state index < -0.39 is 0 Å². The summed E-state index contributed by atoms with van der Waals surface area (Å²) in [5.74, 6) is 1.05. The molecule has 0 radical (unpaired) electrons. The van der Waals surface area contributed by atoms with Gasteiger partial charge in [-0.1, -0.05) is 6.07 Å². The van der Waals surface area contributed by atoms with Crippen molar-refractivity contribution in [2.75, 3.05) is 38.2 Å². The minimum absolute atomic E-state index is 0.599. The van der Waals surface area contributed by atoms with Gasteiger partial charge in [-0.25, -0.2) is 4.98 Å². The number of aryl methyl sites for hydroxylation is 2. The predicted molar refractivity (Wildman–Crippen MR) is 115 cm³/mol. The average Bonchev–Trinajstić information content (AvgIpc) is 2.67. The summed E-state index contributed by atoms with van der Waals surface area (Å²) in [7, 11) is 6.63. The van der Waals surface area contributed by atoms with Gasteiger partial charge in [-0.3, -0.25) is 0 Å². The molecule has 1 aliphatic heterocycles. The van der Waals surface area contributed by atoms with Gasteiger partial charge < -0.3 is 14.4 Å². The number of methoxy groups -OCH3 is 1. The van der Waals surface area contributed by atoms with E-state index in [1.54, 1.807) is 7.11 Å². The van der Waals surface area contributed by atoms with Gasteiger partial charge in [0.1, 0.15) is 5.82 Å². The van der Waals surface area contributed by atoms with E-state index in [2.05, 4.69) is 45.1 Å². The fourth-order valence-corrected chi connectivity index (χ4v) is 3.78. The lowest BCUT2D eigenvalue weighted by molar-refractivity contribution is 0.185. The fourth-order valence-electron chi connectivity index (χ4n) is 3.36. The van der Waals surface area contributed by atoms with E-state index in [1.807, 2.05) is 18.2 Å². The molecule has 0 N–H and O–H groups in total. The van der Waals surface area contributed by atoms with Crippen LogP contribution in [0.4, 0.5) is 5.82 Å². The van der Waals surface area contributed by atoms with Crippen molar-refractivity contribution in [2.45, 2.75) is 19.4 Å². The highest BCUT2D eigenvalue weighted by Gasteiger charge is 2.16. The molecule has 1 aliphatic rings. The summed E-state index contributed by atoms with van der Waals surface area (Å²) in [4.78, 5) is 9.65. The van der Waals surface area contributed by atoms with Gasteiger partial charge >= 0.3 is 0 Å². The van der Waals surface area contributed by atoms with Gasteiger partial charge in [-0.15, -0.1) is 9.24 Å². The second kappa shape index (κ2) is 9.33. The molecule has 27 heavy (non-hydrogen) atoms. The largest absolute Gasteiger partial charge is 0.380 e. The first-order chi connectivity index (χ1) is 13.1. The summed E-state index contributed by atoms with van der Waals surface area (Å²) >= 11 is 0. The first-order valence-corrected chi connectivity index (χ1v) is 9.87. The van der Waals surface area contributed by atoms with Crippen molar-refractivity contribution >= 4 is 28.3 Å². The Labute approximate surface area is 165 Å². The number of benzene rings is 1.